The standard InChI is InChI=1S/C25H38N2O4/c1-16(2)12-18(5)23(29)27-21(14-19-10-8-7-9-11-19)24(30)26-20(13-17(3)4)22(28)25(6)15-31-25/h7-11,16-18,20-21H,12-15H2,1-6H3,(H,26,30)(H,27,29)/t18-,20?,21-,25+/m0/s1. The van der Waals surface area contributed by atoms with Crippen LogP contribution in [-0.4, -0.2) is 41.9 Å². The molecule has 0 saturated carbocycles. The Bertz CT molecular complexity index is 756. The van der Waals surface area contributed by atoms with E-state index in [1.807, 2.05) is 51.1 Å². The van der Waals surface area contributed by atoms with Gasteiger partial charge in [0.15, 0.2) is 5.78 Å². The maximum absolute atomic E-state index is 13.3. The van der Waals surface area contributed by atoms with Gasteiger partial charge in [-0.15, -0.1) is 0 Å². The number of nitrogens with one attached hydrogen (secondary N) is 2. The average molecular weight is 431 g/mol. The molecule has 1 aromatic carbocycles. The van der Waals surface area contributed by atoms with Gasteiger partial charge in [-0.05, 0) is 37.2 Å². The van der Waals surface area contributed by atoms with Gasteiger partial charge in [0.2, 0.25) is 11.8 Å². The Hall–Kier alpha value is -2.21. The average Bonchev–Trinajstić information content (AvgIpc) is 3.44. The zero-order chi connectivity index (χ0) is 23.2. The number of benzene rings is 1. The smallest absolute Gasteiger partial charge is 0.243 e. The summed E-state index contributed by atoms with van der Waals surface area (Å²) in [7, 11) is 0. The summed E-state index contributed by atoms with van der Waals surface area (Å²) in [6, 6.07) is 8.20. The second-order valence-corrected chi connectivity index (χ2v) is 9.86. The van der Waals surface area contributed by atoms with Gasteiger partial charge in [0.05, 0.1) is 12.6 Å². The van der Waals surface area contributed by atoms with Crippen molar-refractivity contribution in [2.45, 2.75) is 78.5 Å². The van der Waals surface area contributed by atoms with Crippen LogP contribution >= 0.6 is 0 Å². The van der Waals surface area contributed by atoms with E-state index in [1.54, 1.807) is 6.92 Å². The first kappa shape index (κ1) is 25.1. The molecule has 6 heteroatoms. The van der Waals surface area contributed by atoms with Crippen molar-refractivity contribution < 1.29 is 19.1 Å². The van der Waals surface area contributed by atoms with E-state index in [2.05, 4.69) is 24.5 Å². The van der Waals surface area contributed by atoms with Gasteiger partial charge in [0.1, 0.15) is 11.6 Å². The molecule has 4 atom stereocenters. The Balaban J connectivity index is 2.16. The number of hydrogen-bond donors (Lipinski definition) is 2. The molecule has 6 nitrogen and oxygen atoms in total. The SMILES string of the molecule is CC(C)CC(NC(=O)[C@H](Cc1ccccc1)NC(=O)[C@@H](C)CC(C)C)C(=O)[C@@]1(C)CO1. The Kier molecular flexibility index (Phi) is 8.80. The van der Waals surface area contributed by atoms with Crippen molar-refractivity contribution >= 4 is 17.6 Å². The molecule has 1 aromatic rings. The van der Waals surface area contributed by atoms with Crippen LogP contribution in [-0.2, 0) is 25.5 Å². The van der Waals surface area contributed by atoms with Crippen LogP contribution in [0.5, 0.6) is 0 Å². The van der Waals surface area contributed by atoms with Gasteiger partial charge in [-0.1, -0.05) is 65.0 Å². The highest BCUT2D eigenvalue weighted by molar-refractivity contribution is 5.98. The van der Waals surface area contributed by atoms with Crippen molar-refractivity contribution in [2.24, 2.45) is 17.8 Å². The summed E-state index contributed by atoms with van der Waals surface area (Å²) in [5.74, 6) is -0.170. The zero-order valence-electron chi connectivity index (χ0n) is 19.7. The largest absolute Gasteiger partial charge is 0.361 e. The normalized spacial score (nSPS) is 20.8. The van der Waals surface area contributed by atoms with Gasteiger partial charge in [0.25, 0.3) is 0 Å². The molecule has 2 N–H and O–H groups in total. The molecule has 0 aromatic heterocycles. The molecular weight excluding hydrogens is 392 g/mol. The third-order valence-corrected chi connectivity index (χ3v) is 5.63. The molecule has 2 amide bonds. The highest BCUT2D eigenvalue weighted by Gasteiger charge is 2.50. The molecule has 1 fully saturated rings. The number of Topliss-reactive ketones (excluding diaryl/α,β-unsaturated/α-hetero) is 1. The summed E-state index contributed by atoms with van der Waals surface area (Å²) in [6.45, 7) is 12.2. The van der Waals surface area contributed by atoms with Gasteiger partial charge in [-0.2, -0.15) is 0 Å². The molecule has 1 aliphatic heterocycles. The van der Waals surface area contributed by atoms with E-state index in [0.717, 1.165) is 12.0 Å². The van der Waals surface area contributed by atoms with Gasteiger partial charge < -0.3 is 15.4 Å². The van der Waals surface area contributed by atoms with E-state index in [-0.39, 0.29) is 29.4 Å². The second kappa shape index (κ2) is 10.9. The molecule has 1 saturated heterocycles. The van der Waals surface area contributed by atoms with Gasteiger partial charge >= 0.3 is 0 Å². The number of ether oxygens (including phenoxy) is 1. The minimum Gasteiger partial charge on any atom is -0.361 e. The molecule has 0 spiro atoms. The fourth-order valence-electron chi connectivity index (χ4n) is 3.78. The maximum Gasteiger partial charge on any atom is 0.243 e. The number of carbonyl (C=O) groups is 3. The van der Waals surface area contributed by atoms with Crippen LogP contribution in [0.25, 0.3) is 0 Å². The third kappa shape index (κ3) is 7.76. The number of ketones is 1. The number of rotatable bonds is 12. The van der Waals surface area contributed by atoms with Crippen LogP contribution in [0.15, 0.2) is 30.3 Å². The quantitative estimate of drug-likeness (QED) is 0.498. The van der Waals surface area contributed by atoms with Crippen molar-refractivity contribution in [3.05, 3.63) is 35.9 Å². The fraction of sp³-hybridized carbons (Fsp3) is 0.640. The topological polar surface area (TPSA) is 87.8 Å². The van der Waals surface area contributed by atoms with Crippen molar-refractivity contribution in [3.63, 3.8) is 0 Å². The van der Waals surface area contributed by atoms with Crippen molar-refractivity contribution in [1.29, 1.82) is 0 Å². The van der Waals surface area contributed by atoms with E-state index in [4.69, 9.17) is 4.74 Å². The first-order valence-corrected chi connectivity index (χ1v) is 11.3. The summed E-state index contributed by atoms with van der Waals surface area (Å²) >= 11 is 0. The first-order valence-electron chi connectivity index (χ1n) is 11.3. The second-order valence-electron chi connectivity index (χ2n) is 9.86. The summed E-state index contributed by atoms with van der Waals surface area (Å²) in [4.78, 5) is 38.9. The van der Waals surface area contributed by atoms with Crippen LogP contribution < -0.4 is 10.6 Å². The van der Waals surface area contributed by atoms with Gasteiger partial charge in [0, 0.05) is 12.3 Å². The molecule has 31 heavy (non-hydrogen) atoms. The van der Waals surface area contributed by atoms with Crippen molar-refractivity contribution in [2.75, 3.05) is 6.61 Å². The molecule has 0 radical (unpaired) electrons. The van der Waals surface area contributed by atoms with Crippen LogP contribution in [0.1, 0.15) is 59.9 Å². The summed E-state index contributed by atoms with van der Waals surface area (Å²) in [6.07, 6.45) is 1.64. The lowest BCUT2D eigenvalue weighted by atomic mass is 9.92. The van der Waals surface area contributed by atoms with E-state index in [0.29, 0.717) is 25.4 Å². The number of hydrogen-bond acceptors (Lipinski definition) is 4. The fourth-order valence-corrected chi connectivity index (χ4v) is 3.78. The molecule has 1 aliphatic rings. The lowest BCUT2D eigenvalue weighted by Gasteiger charge is -2.26. The Morgan fingerprint density at radius 3 is 1.97 bits per heavy atom. The van der Waals surface area contributed by atoms with Crippen LogP contribution in [0.2, 0.25) is 0 Å². The van der Waals surface area contributed by atoms with Crippen molar-refractivity contribution in [3.8, 4) is 0 Å². The summed E-state index contributed by atoms with van der Waals surface area (Å²) in [5.41, 5.74) is 0.139. The number of epoxide rings is 1. The number of amides is 2. The first-order chi connectivity index (χ1) is 14.5. The Morgan fingerprint density at radius 2 is 1.45 bits per heavy atom. The highest BCUT2D eigenvalue weighted by atomic mass is 16.6. The molecule has 1 unspecified atom stereocenters. The third-order valence-electron chi connectivity index (χ3n) is 5.63. The highest BCUT2D eigenvalue weighted by Crippen LogP contribution is 2.29. The molecule has 1 heterocycles. The predicted octanol–water partition coefficient (Wildman–Crippen LogP) is 3.29. The van der Waals surface area contributed by atoms with E-state index < -0.39 is 17.7 Å². The summed E-state index contributed by atoms with van der Waals surface area (Å²) in [5, 5.41) is 5.85. The minimum atomic E-state index is -0.809. The van der Waals surface area contributed by atoms with Crippen LogP contribution in [0, 0.1) is 17.8 Å². The molecule has 172 valence electrons. The predicted molar refractivity (Wildman–Crippen MR) is 121 cm³/mol. The molecule has 2 rings (SSSR count). The Labute approximate surface area is 186 Å². The molecule has 0 aliphatic carbocycles. The van der Waals surface area contributed by atoms with Crippen LogP contribution in [0.3, 0.4) is 0 Å². The van der Waals surface area contributed by atoms with E-state index >= 15 is 0 Å². The van der Waals surface area contributed by atoms with Gasteiger partial charge in [-0.25, -0.2) is 0 Å². The summed E-state index contributed by atoms with van der Waals surface area (Å²) < 4.78 is 5.32. The van der Waals surface area contributed by atoms with Crippen molar-refractivity contribution in [1.82, 2.24) is 10.6 Å². The number of carbonyl (C=O) groups excluding carboxylic acids is 3. The van der Waals surface area contributed by atoms with Crippen LogP contribution in [0.4, 0.5) is 0 Å². The lowest BCUT2D eigenvalue weighted by molar-refractivity contribution is -0.134. The Morgan fingerprint density at radius 1 is 0.903 bits per heavy atom. The minimum absolute atomic E-state index is 0.104. The van der Waals surface area contributed by atoms with Gasteiger partial charge in [-0.3, -0.25) is 14.4 Å². The molecule has 0 bridgehead atoms. The zero-order valence-corrected chi connectivity index (χ0v) is 19.7. The monoisotopic (exact) mass is 430 g/mol. The van der Waals surface area contributed by atoms with E-state index in [9.17, 15) is 14.4 Å². The molecular formula is C25H38N2O4. The lowest BCUT2D eigenvalue weighted by Crippen LogP contribution is -2.55. The maximum atomic E-state index is 13.3. The van der Waals surface area contributed by atoms with E-state index in [1.165, 1.54) is 0 Å².